The average molecular weight is 526 g/mol. The summed E-state index contributed by atoms with van der Waals surface area (Å²) in [6.07, 6.45) is 7.67. The van der Waals surface area contributed by atoms with Gasteiger partial charge in [-0.25, -0.2) is 4.68 Å². The number of nitrogens with zero attached hydrogens (tertiary/aromatic N) is 3. The summed E-state index contributed by atoms with van der Waals surface area (Å²) < 4.78 is 34.3. The van der Waals surface area contributed by atoms with E-state index in [1.807, 2.05) is 30.5 Å². The van der Waals surface area contributed by atoms with Crippen LogP contribution in [-0.4, -0.2) is 34.6 Å². The second-order valence-corrected chi connectivity index (χ2v) is 10.6. The lowest BCUT2D eigenvalue weighted by atomic mass is 9.73. The molecular formula is C32H32FN3O3. The van der Waals surface area contributed by atoms with Gasteiger partial charge < -0.3 is 14.2 Å². The molecule has 1 aliphatic carbocycles. The van der Waals surface area contributed by atoms with Crippen LogP contribution in [0.25, 0.3) is 22.0 Å². The van der Waals surface area contributed by atoms with Crippen LogP contribution in [0.15, 0.2) is 66.9 Å². The van der Waals surface area contributed by atoms with Gasteiger partial charge in [-0.2, -0.15) is 4.39 Å². The van der Waals surface area contributed by atoms with E-state index >= 15 is 4.39 Å². The van der Waals surface area contributed by atoms with E-state index in [4.69, 9.17) is 19.2 Å². The Bertz CT molecular complexity index is 1480. The highest BCUT2D eigenvalue weighted by atomic mass is 19.1. The molecule has 0 amide bonds. The van der Waals surface area contributed by atoms with Gasteiger partial charge in [-0.1, -0.05) is 48.9 Å². The molecule has 2 aliphatic heterocycles. The van der Waals surface area contributed by atoms with E-state index in [-0.39, 0.29) is 6.23 Å². The van der Waals surface area contributed by atoms with Gasteiger partial charge in [-0.15, -0.1) is 5.10 Å². The minimum absolute atomic E-state index is 0.224. The quantitative estimate of drug-likeness (QED) is 0.252. The molecule has 1 saturated carbocycles. The van der Waals surface area contributed by atoms with Crippen LogP contribution >= 0.6 is 0 Å². The molecule has 1 atom stereocenters. The van der Waals surface area contributed by atoms with Gasteiger partial charge in [0, 0.05) is 18.4 Å². The maximum Gasteiger partial charge on any atom is 0.240 e. The van der Waals surface area contributed by atoms with Crippen LogP contribution in [0.3, 0.4) is 0 Å². The van der Waals surface area contributed by atoms with Crippen molar-refractivity contribution in [2.75, 3.05) is 19.8 Å². The Hall–Kier alpha value is -3.39. The third-order valence-corrected chi connectivity index (χ3v) is 8.18. The summed E-state index contributed by atoms with van der Waals surface area (Å²) in [5, 5.41) is 4.79. The molecule has 200 valence electrons. The van der Waals surface area contributed by atoms with Crippen molar-refractivity contribution in [3.05, 3.63) is 95.2 Å². The highest BCUT2D eigenvalue weighted by molar-refractivity contribution is 6.01. The normalized spacial score (nSPS) is 21.2. The van der Waals surface area contributed by atoms with Gasteiger partial charge in [0.25, 0.3) is 0 Å². The number of fused-ring (bicyclic) bond motifs is 1. The largest absolute Gasteiger partial charge is 0.356 e. The van der Waals surface area contributed by atoms with Gasteiger partial charge in [0.05, 0.1) is 29.8 Å². The number of hydrogen-bond acceptors (Lipinski definition) is 5. The molecule has 1 unspecified atom stereocenters. The topological polar surface area (TPSA) is 58.4 Å². The standard InChI is InChI=1S/C32H32FN3O3/c33-31-25-19-23(13-15-27(25)36(35-31)28-11-4-5-16-37-28)30(24-12-14-26(34-20-24)32-38-17-18-39-32)29(22-9-6-10-22)21-7-2-1-3-8-21/h1-3,7-8,12-15,19-20,22,28,32H,4-6,9-11,16-18H2/b30-29+. The predicted octanol–water partition coefficient (Wildman–Crippen LogP) is 7.07. The molecule has 2 saturated heterocycles. The Labute approximate surface area is 227 Å². The van der Waals surface area contributed by atoms with Crippen molar-refractivity contribution < 1.29 is 18.6 Å². The first-order valence-electron chi connectivity index (χ1n) is 14.0. The highest BCUT2D eigenvalue weighted by Gasteiger charge is 2.29. The molecule has 0 spiro atoms. The van der Waals surface area contributed by atoms with E-state index in [1.165, 1.54) is 17.6 Å². The lowest BCUT2D eigenvalue weighted by Gasteiger charge is -2.31. The third-order valence-electron chi connectivity index (χ3n) is 8.18. The van der Waals surface area contributed by atoms with Crippen molar-refractivity contribution in [2.45, 2.75) is 51.0 Å². The van der Waals surface area contributed by atoms with E-state index in [1.54, 1.807) is 4.68 Å². The highest BCUT2D eigenvalue weighted by Crippen LogP contribution is 2.45. The Morgan fingerprint density at radius 1 is 0.795 bits per heavy atom. The molecular weight excluding hydrogens is 493 g/mol. The van der Waals surface area contributed by atoms with Gasteiger partial charge in [-0.05, 0) is 78.5 Å². The van der Waals surface area contributed by atoms with Gasteiger partial charge in [-0.3, -0.25) is 4.98 Å². The van der Waals surface area contributed by atoms with Gasteiger partial charge in [0.15, 0.2) is 6.23 Å². The van der Waals surface area contributed by atoms with E-state index in [0.717, 1.165) is 60.0 Å². The van der Waals surface area contributed by atoms with Crippen molar-refractivity contribution in [3.8, 4) is 0 Å². The Kier molecular flexibility index (Phi) is 6.72. The number of benzene rings is 2. The number of aromatic nitrogens is 3. The van der Waals surface area contributed by atoms with Crippen molar-refractivity contribution in [3.63, 3.8) is 0 Å². The van der Waals surface area contributed by atoms with Crippen LogP contribution in [0.5, 0.6) is 0 Å². The molecule has 39 heavy (non-hydrogen) atoms. The lowest BCUT2D eigenvalue weighted by molar-refractivity contribution is -0.0472. The molecule has 4 heterocycles. The summed E-state index contributed by atoms with van der Waals surface area (Å²) in [6, 6.07) is 20.7. The van der Waals surface area contributed by atoms with Crippen LogP contribution in [0.1, 0.15) is 73.4 Å². The van der Waals surface area contributed by atoms with Crippen LogP contribution < -0.4 is 0 Å². The number of rotatable bonds is 6. The minimum Gasteiger partial charge on any atom is -0.356 e. The summed E-state index contributed by atoms with van der Waals surface area (Å²) in [6.45, 7) is 1.83. The molecule has 7 heteroatoms. The predicted molar refractivity (Wildman–Crippen MR) is 147 cm³/mol. The van der Waals surface area contributed by atoms with Gasteiger partial charge >= 0.3 is 0 Å². The number of allylic oxidation sites excluding steroid dienone is 1. The molecule has 0 bridgehead atoms. The number of halogens is 1. The average Bonchev–Trinajstić information content (AvgIpc) is 3.62. The second kappa shape index (κ2) is 10.6. The number of pyridine rings is 1. The molecule has 2 aromatic heterocycles. The van der Waals surface area contributed by atoms with E-state index in [2.05, 4.69) is 41.5 Å². The van der Waals surface area contributed by atoms with Crippen molar-refractivity contribution in [2.24, 2.45) is 5.92 Å². The van der Waals surface area contributed by atoms with Crippen LogP contribution in [-0.2, 0) is 14.2 Å². The number of ether oxygens (including phenoxy) is 3. The third kappa shape index (κ3) is 4.69. The molecule has 7 rings (SSSR count). The van der Waals surface area contributed by atoms with E-state index in [0.29, 0.717) is 31.1 Å². The van der Waals surface area contributed by atoms with Gasteiger partial charge in [0.1, 0.15) is 0 Å². The van der Waals surface area contributed by atoms with Crippen molar-refractivity contribution >= 4 is 22.0 Å². The summed E-state index contributed by atoms with van der Waals surface area (Å²) in [4.78, 5) is 4.74. The first-order valence-corrected chi connectivity index (χ1v) is 14.0. The van der Waals surface area contributed by atoms with Crippen LogP contribution in [0.2, 0.25) is 0 Å². The zero-order valence-electron chi connectivity index (χ0n) is 21.9. The first-order chi connectivity index (χ1) is 19.3. The zero-order chi connectivity index (χ0) is 26.2. The first kappa shape index (κ1) is 24.6. The molecule has 0 N–H and O–H groups in total. The summed E-state index contributed by atoms with van der Waals surface area (Å²) in [5.74, 6) is -0.0308. The Balaban J connectivity index is 1.39. The van der Waals surface area contributed by atoms with Crippen LogP contribution in [0.4, 0.5) is 4.39 Å². The maximum absolute atomic E-state index is 15.3. The lowest BCUT2D eigenvalue weighted by Crippen LogP contribution is -2.19. The van der Waals surface area contributed by atoms with Gasteiger partial charge in [0.2, 0.25) is 12.2 Å². The smallest absolute Gasteiger partial charge is 0.240 e. The van der Waals surface area contributed by atoms with E-state index < -0.39 is 12.2 Å². The molecule has 3 fully saturated rings. The monoisotopic (exact) mass is 525 g/mol. The second-order valence-electron chi connectivity index (χ2n) is 10.6. The fourth-order valence-electron chi connectivity index (χ4n) is 5.99. The molecule has 4 aromatic rings. The van der Waals surface area contributed by atoms with Crippen molar-refractivity contribution in [1.29, 1.82) is 0 Å². The van der Waals surface area contributed by atoms with Crippen LogP contribution in [0, 0.1) is 11.9 Å². The molecule has 2 aromatic carbocycles. The fourth-order valence-corrected chi connectivity index (χ4v) is 5.99. The molecule has 0 radical (unpaired) electrons. The number of hydrogen-bond donors (Lipinski definition) is 0. The minimum atomic E-state index is -0.464. The van der Waals surface area contributed by atoms with E-state index in [9.17, 15) is 0 Å². The SMILES string of the molecule is Fc1nn(C2CCCCO2)c2ccc(/C(=C(/c3ccccc3)C3CCC3)c3ccc(C4OCCO4)nc3)cc12. The Morgan fingerprint density at radius 2 is 1.62 bits per heavy atom. The maximum atomic E-state index is 15.3. The molecule has 3 aliphatic rings. The zero-order valence-corrected chi connectivity index (χ0v) is 21.9. The summed E-state index contributed by atoms with van der Waals surface area (Å²) in [7, 11) is 0. The van der Waals surface area contributed by atoms with Crippen molar-refractivity contribution in [1.82, 2.24) is 14.8 Å². The Morgan fingerprint density at radius 3 is 2.31 bits per heavy atom. The summed E-state index contributed by atoms with van der Waals surface area (Å²) in [5.41, 5.74) is 7.03. The fraction of sp³-hybridized carbons (Fsp3) is 0.375. The summed E-state index contributed by atoms with van der Waals surface area (Å²) >= 11 is 0. The molecule has 6 nitrogen and oxygen atoms in total.